The molecule has 0 unspecified atom stereocenters. The monoisotopic (exact) mass is 752 g/mol. The van der Waals surface area contributed by atoms with Gasteiger partial charge in [0.15, 0.2) is 0 Å². The predicted molar refractivity (Wildman–Crippen MR) is 215 cm³/mol. The lowest BCUT2D eigenvalue weighted by Crippen LogP contribution is -2.67. The van der Waals surface area contributed by atoms with Gasteiger partial charge in [-0.2, -0.15) is 15.0 Å². The minimum Gasteiger partial charge on any atom is -0.356 e. The molecule has 0 radical (unpaired) electrons. The molecule has 0 atom stereocenters. The fourth-order valence-electron chi connectivity index (χ4n) is 6.56. The van der Waals surface area contributed by atoms with Crippen LogP contribution in [0.1, 0.15) is 33.4 Å². The topological polar surface area (TPSA) is 152 Å². The number of carbonyl (C=O) groups is 2. The van der Waals surface area contributed by atoms with Crippen molar-refractivity contribution in [1.29, 1.82) is 0 Å². The maximum Gasteiger partial charge on any atom is 0.340 e. The SMILES string of the molecule is O=C=Nc1ccc(Cc2ccc(N3C(=O)N(c4ccc(Cc5ccc(N=C=O)cc5)cc4)C(O)N(c4ccc(Cc5ccc(N=C=O)cc5)cc4)C3=O)cc2)cc1. The van der Waals surface area contributed by atoms with E-state index >= 15 is 0 Å². The molecule has 1 saturated heterocycles. The van der Waals surface area contributed by atoms with Gasteiger partial charge < -0.3 is 5.11 Å². The Kier molecular flexibility index (Phi) is 11.2. The van der Waals surface area contributed by atoms with Gasteiger partial charge in [0, 0.05) is 11.4 Å². The highest BCUT2D eigenvalue weighted by molar-refractivity contribution is 6.26. The van der Waals surface area contributed by atoms with E-state index in [0.29, 0.717) is 53.4 Å². The van der Waals surface area contributed by atoms with E-state index in [1.165, 1.54) is 28.0 Å². The van der Waals surface area contributed by atoms with Crippen molar-refractivity contribution >= 4 is 64.4 Å². The van der Waals surface area contributed by atoms with E-state index in [1.807, 2.05) is 72.8 Å². The Hall–Kier alpha value is -7.84. The number of hydrogen-bond donors (Lipinski definition) is 1. The summed E-state index contributed by atoms with van der Waals surface area (Å²) in [5.41, 5.74) is 8.25. The van der Waals surface area contributed by atoms with Gasteiger partial charge in [0.1, 0.15) is 0 Å². The molecule has 0 aliphatic carbocycles. The van der Waals surface area contributed by atoms with Crippen molar-refractivity contribution in [2.45, 2.75) is 25.6 Å². The standard InChI is InChI=1S/C45H32N6O6/c52-28-46-37-13-1-31(2-14-37)25-34-7-19-40(20-8-34)49-43(55)50(41-21-9-35(10-22-41)26-32-3-15-38(16-4-32)47-29-53)45(57)51(44(49)56)42-23-11-36(12-24-42)27-33-5-17-39(18-6-33)48-30-54/h1-24,43,55H,25-27H2. The average Bonchev–Trinajstić information content (AvgIpc) is 3.22. The zero-order valence-corrected chi connectivity index (χ0v) is 30.2. The van der Waals surface area contributed by atoms with Crippen LogP contribution in [0.25, 0.3) is 0 Å². The van der Waals surface area contributed by atoms with Crippen molar-refractivity contribution < 1.29 is 29.1 Å². The largest absolute Gasteiger partial charge is 0.356 e. The van der Waals surface area contributed by atoms with Crippen LogP contribution in [0.5, 0.6) is 0 Å². The molecule has 4 amide bonds. The molecular formula is C45H32N6O6. The van der Waals surface area contributed by atoms with Gasteiger partial charge in [0.05, 0.1) is 22.7 Å². The summed E-state index contributed by atoms with van der Waals surface area (Å²) in [5.74, 6) is 0. The second-order valence-electron chi connectivity index (χ2n) is 13.1. The second-order valence-corrected chi connectivity index (χ2v) is 13.1. The number of amides is 4. The van der Waals surface area contributed by atoms with Crippen molar-refractivity contribution in [3.05, 3.63) is 179 Å². The number of carbonyl (C=O) groups excluding carboxylic acids is 5. The first-order valence-electron chi connectivity index (χ1n) is 17.8. The number of urea groups is 2. The Labute approximate surface area is 327 Å². The number of benzene rings is 6. The van der Waals surface area contributed by atoms with E-state index in [4.69, 9.17) is 0 Å². The summed E-state index contributed by atoms with van der Waals surface area (Å²) in [6.45, 7) is 0. The highest BCUT2D eigenvalue weighted by Gasteiger charge is 2.45. The number of aliphatic hydroxyl groups excluding tert-OH is 1. The maximum atomic E-state index is 14.3. The Morgan fingerprint density at radius 2 is 0.649 bits per heavy atom. The van der Waals surface area contributed by atoms with E-state index in [2.05, 4.69) is 15.0 Å². The molecule has 278 valence electrons. The number of anilines is 3. The molecule has 7 rings (SSSR count). The number of nitrogens with zero attached hydrogens (tertiary/aromatic N) is 6. The molecule has 1 fully saturated rings. The van der Waals surface area contributed by atoms with Gasteiger partial charge in [-0.1, -0.05) is 72.8 Å². The van der Waals surface area contributed by atoms with Gasteiger partial charge in [0.25, 0.3) is 0 Å². The first-order valence-corrected chi connectivity index (χ1v) is 17.8. The molecule has 57 heavy (non-hydrogen) atoms. The Bertz CT molecular complexity index is 2410. The third kappa shape index (κ3) is 8.61. The lowest BCUT2D eigenvalue weighted by molar-refractivity contribution is 0.156. The van der Waals surface area contributed by atoms with Crippen LogP contribution in [0.15, 0.2) is 161 Å². The number of aliphatic hydroxyl groups is 1. The molecule has 0 aromatic heterocycles. The minimum absolute atomic E-state index is 0.310. The summed E-state index contributed by atoms with van der Waals surface area (Å²) in [4.78, 5) is 74.7. The number of rotatable bonds is 12. The van der Waals surface area contributed by atoms with Crippen LogP contribution in [0.4, 0.5) is 43.7 Å². The molecular weight excluding hydrogens is 721 g/mol. The Balaban J connectivity index is 1.17. The van der Waals surface area contributed by atoms with E-state index in [9.17, 15) is 29.1 Å². The molecule has 12 heteroatoms. The van der Waals surface area contributed by atoms with E-state index in [0.717, 1.165) is 38.3 Å². The summed E-state index contributed by atoms with van der Waals surface area (Å²) in [6.07, 6.45) is 4.58. The summed E-state index contributed by atoms with van der Waals surface area (Å²) >= 11 is 0. The summed E-state index contributed by atoms with van der Waals surface area (Å²) in [7, 11) is 0. The molecule has 12 nitrogen and oxygen atoms in total. The van der Waals surface area contributed by atoms with Crippen molar-refractivity contribution in [1.82, 2.24) is 0 Å². The minimum atomic E-state index is -1.68. The zero-order valence-electron chi connectivity index (χ0n) is 30.2. The van der Waals surface area contributed by atoms with Gasteiger partial charge in [-0.05, 0) is 125 Å². The number of isocyanates is 3. The van der Waals surface area contributed by atoms with Crippen molar-refractivity contribution in [3.63, 3.8) is 0 Å². The van der Waals surface area contributed by atoms with Crippen molar-refractivity contribution in [3.8, 4) is 0 Å². The van der Waals surface area contributed by atoms with Gasteiger partial charge >= 0.3 is 12.1 Å². The van der Waals surface area contributed by atoms with Crippen LogP contribution < -0.4 is 14.7 Å². The van der Waals surface area contributed by atoms with Crippen LogP contribution in [0, 0.1) is 0 Å². The van der Waals surface area contributed by atoms with Gasteiger partial charge in [0.2, 0.25) is 24.6 Å². The second kappa shape index (κ2) is 17.1. The van der Waals surface area contributed by atoms with Crippen LogP contribution in [-0.2, 0) is 33.6 Å². The fraction of sp³-hybridized carbons (Fsp3) is 0.0889. The van der Waals surface area contributed by atoms with E-state index in [-0.39, 0.29) is 0 Å². The molecule has 1 aliphatic heterocycles. The third-order valence-corrected chi connectivity index (χ3v) is 9.44. The van der Waals surface area contributed by atoms with E-state index in [1.54, 1.807) is 72.8 Å². The van der Waals surface area contributed by atoms with Gasteiger partial charge in [-0.25, -0.2) is 38.7 Å². The molecule has 1 aliphatic rings. The number of aliphatic imine (C=N–C) groups is 3. The molecule has 1 heterocycles. The maximum absolute atomic E-state index is 14.3. The molecule has 6 aromatic rings. The van der Waals surface area contributed by atoms with Gasteiger partial charge in [-0.15, -0.1) is 0 Å². The number of hydrogen-bond acceptors (Lipinski definition) is 9. The van der Waals surface area contributed by atoms with Crippen molar-refractivity contribution in [2.75, 3.05) is 14.7 Å². The van der Waals surface area contributed by atoms with Gasteiger partial charge in [-0.3, -0.25) is 0 Å². The summed E-state index contributed by atoms with van der Waals surface area (Å²) in [6, 6.07) is 41.3. The molecule has 6 aromatic carbocycles. The lowest BCUT2D eigenvalue weighted by Gasteiger charge is -2.44. The first kappa shape index (κ1) is 37.5. The highest BCUT2D eigenvalue weighted by Crippen LogP contribution is 2.34. The van der Waals surface area contributed by atoms with Crippen molar-refractivity contribution in [2.24, 2.45) is 15.0 Å². The summed E-state index contributed by atoms with van der Waals surface area (Å²) in [5, 5.41) is 11.8. The quantitative estimate of drug-likeness (QED) is 0.0975. The molecule has 1 N–H and O–H groups in total. The average molecular weight is 753 g/mol. The predicted octanol–water partition coefficient (Wildman–Crippen LogP) is 8.71. The van der Waals surface area contributed by atoms with Crippen LogP contribution in [0.2, 0.25) is 0 Å². The third-order valence-electron chi connectivity index (χ3n) is 9.44. The normalized spacial score (nSPS) is 13.7. The Morgan fingerprint density at radius 3 is 0.912 bits per heavy atom. The molecule has 0 bridgehead atoms. The smallest absolute Gasteiger partial charge is 0.340 e. The highest BCUT2D eigenvalue weighted by atomic mass is 16.3. The first-order chi connectivity index (χ1) is 27.8. The van der Waals surface area contributed by atoms with Crippen LogP contribution >= 0.6 is 0 Å². The fourth-order valence-corrected chi connectivity index (χ4v) is 6.56. The zero-order chi connectivity index (χ0) is 39.7. The molecule has 0 spiro atoms. The molecule has 0 saturated carbocycles. The number of imide groups is 1. The lowest BCUT2D eigenvalue weighted by atomic mass is 10.0. The van der Waals surface area contributed by atoms with E-state index < -0.39 is 18.4 Å². The van der Waals surface area contributed by atoms with Crippen LogP contribution in [-0.4, -0.2) is 41.8 Å². The summed E-state index contributed by atoms with van der Waals surface area (Å²) < 4.78 is 0. The van der Waals surface area contributed by atoms with Crippen LogP contribution in [0.3, 0.4) is 0 Å². The Morgan fingerprint density at radius 1 is 0.404 bits per heavy atom.